The summed E-state index contributed by atoms with van der Waals surface area (Å²) in [5.74, 6) is 0.643. The average Bonchev–Trinajstić information content (AvgIpc) is 3.19. The van der Waals surface area contributed by atoms with Crippen LogP contribution in [0, 0.1) is 0 Å². The fraction of sp³-hybridized carbons (Fsp3) is 0.353. The number of hydrogen-bond donors (Lipinski definition) is 0. The van der Waals surface area contributed by atoms with Gasteiger partial charge in [-0.2, -0.15) is 0 Å². The Balaban J connectivity index is 1.84. The number of fused-ring (bicyclic) bond motifs is 1. The Labute approximate surface area is 141 Å². The third kappa shape index (κ3) is 3.17. The number of benzene rings is 1. The summed E-state index contributed by atoms with van der Waals surface area (Å²) in [6.07, 6.45) is 3.40. The summed E-state index contributed by atoms with van der Waals surface area (Å²) >= 11 is 0. The molecule has 1 aromatic carbocycles. The van der Waals surface area contributed by atoms with Crippen molar-refractivity contribution in [3.05, 3.63) is 53.5 Å². The Morgan fingerprint density at radius 2 is 2.12 bits per heavy atom. The van der Waals surface area contributed by atoms with E-state index in [-0.39, 0.29) is 5.91 Å². The zero-order valence-electron chi connectivity index (χ0n) is 13.7. The molecule has 24 heavy (non-hydrogen) atoms. The highest BCUT2D eigenvalue weighted by atomic mass is 32.2. The molecule has 0 aliphatic carbocycles. The van der Waals surface area contributed by atoms with Crippen LogP contribution < -0.4 is 4.31 Å². The molecular formula is C17H20N2O4S. The molecule has 1 aliphatic heterocycles. The van der Waals surface area contributed by atoms with E-state index < -0.39 is 10.0 Å². The Morgan fingerprint density at radius 3 is 2.75 bits per heavy atom. The van der Waals surface area contributed by atoms with Crippen LogP contribution >= 0.6 is 0 Å². The summed E-state index contributed by atoms with van der Waals surface area (Å²) in [6.45, 7) is 3.32. The van der Waals surface area contributed by atoms with Gasteiger partial charge in [-0.05, 0) is 49.2 Å². The molecule has 0 radical (unpaired) electrons. The summed E-state index contributed by atoms with van der Waals surface area (Å²) in [5.41, 5.74) is 2.13. The van der Waals surface area contributed by atoms with Crippen molar-refractivity contribution in [1.29, 1.82) is 0 Å². The quantitative estimate of drug-likeness (QED) is 0.831. The number of rotatable bonds is 5. The van der Waals surface area contributed by atoms with Crippen LogP contribution in [0.1, 0.15) is 28.6 Å². The minimum absolute atomic E-state index is 0.0884. The van der Waals surface area contributed by atoms with Crippen LogP contribution in [0.25, 0.3) is 0 Å². The second-order valence-electron chi connectivity index (χ2n) is 5.83. The molecule has 0 saturated carbocycles. The van der Waals surface area contributed by atoms with E-state index in [4.69, 9.17) is 4.42 Å². The van der Waals surface area contributed by atoms with Crippen LogP contribution in [-0.2, 0) is 23.0 Å². The van der Waals surface area contributed by atoms with Gasteiger partial charge in [-0.15, -0.1) is 0 Å². The monoisotopic (exact) mass is 348 g/mol. The minimum atomic E-state index is -3.28. The van der Waals surface area contributed by atoms with Crippen LogP contribution in [0.3, 0.4) is 0 Å². The standard InChI is InChI=1S/C17H20N2O4S/c1-3-18(12-15-5-4-10-23-15)17(20)14-6-7-16-13(11-14)8-9-19(16)24(2,21)22/h4-7,10-11H,3,8-9,12H2,1-2H3. The van der Waals surface area contributed by atoms with Gasteiger partial charge in [0.2, 0.25) is 10.0 Å². The van der Waals surface area contributed by atoms with E-state index in [1.54, 1.807) is 35.4 Å². The van der Waals surface area contributed by atoms with Gasteiger partial charge in [-0.3, -0.25) is 9.10 Å². The van der Waals surface area contributed by atoms with Crippen molar-refractivity contribution in [2.45, 2.75) is 19.9 Å². The lowest BCUT2D eigenvalue weighted by Gasteiger charge is -2.20. The van der Waals surface area contributed by atoms with Crippen LogP contribution in [0.4, 0.5) is 5.69 Å². The van der Waals surface area contributed by atoms with Gasteiger partial charge in [0.25, 0.3) is 5.91 Å². The van der Waals surface area contributed by atoms with Crippen LogP contribution in [-0.4, -0.2) is 38.6 Å². The number of carbonyl (C=O) groups is 1. The van der Waals surface area contributed by atoms with E-state index in [0.717, 1.165) is 11.3 Å². The van der Waals surface area contributed by atoms with Crippen molar-refractivity contribution in [2.24, 2.45) is 0 Å². The first-order valence-electron chi connectivity index (χ1n) is 7.82. The molecule has 2 heterocycles. The number of hydrogen-bond acceptors (Lipinski definition) is 4. The van der Waals surface area contributed by atoms with Crippen molar-refractivity contribution in [2.75, 3.05) is 23.7 Å². The van der Waals surface area contributed by atoms with Crippen LogP contribution in [0.5, 0.6) is 0 Å². The summed E-state index contributed by atoms with van der Waals surface area (Å²) in [5, 5.41) is 0. The van der Waals surface area contributed by atoms with Crippen molar-refractivity contribution in [3.63, 3.8) is 0 Å². The maximum Gasteiger partial charge on any atom is 0.254 e. The van der Waals surface area contributed by atoms with E-state index in [9.17, 15) is 13.2 Å². The lowest BCUT2D eigenvalue weighted by molar-refractivity contribution is 0.0741. The molecule has 0 saturated heterocycles. The number of furan rings is 1. The molecule has 0 bridgehead atoms. The zero-order valence-corrected chi connectivity index (χ0v) is 14.5. The molecule has 128 valence electrons. The molecular weight excluding hydrogens is 328 g/mol. The largest absolute Gasteiger partial charge is 0.467 e. The minimum Gasteiger partial charge on any atom is -0.467 e. The molecule has 0 N–H and O–H groups in total. The maximum atomic E-state index is 12.7. The Morgan fingerprint density at radius 1 is 1.33 bits per heavy atom. The smallest absolute Gasteiger partial charge is 0.254 e. The third-order valence-electron chi connectivity index (χ3n) is 4.18. The number of amides is 1. The molecule has 1 amide bonds. The highest BCUT2D eigenvalue weighted by molar-refractivity contribution is 7.92. The molecule has 6 nitrogen and oxygen atoms in total. The fourth-order valence-electron chi connectivity index (χ4n) is 2.95. The summed E-state index contributed by atoms with van der Waals surface area (Å²) in [4.78, 5) is 14.4. The third-order valence-corrected chi connectivity index (χ3v) is 5.36. The Bertz CT molecular complexity index is 843. The van der Waals surface area contributed by atoms with Gasteiger partial charge in [-0.25, -0.2) is 8.42 Å². The van der Waals surface area contributed by atoms with Gasteiger partial charge in [0, 0.05) is 18.7 Å². The first kappa shape index (κ1) is 16.6. The number of sulfonamides is 1. The number of anilines is 1. The summed E-state index contributed by atoms with van der Waals surface area (Å²) in [6, 6.07) is 8.84. The van der Waals surface area contributed by atoms with Crippen LogP contribution in [0.2, 0.25) is 0 Å². The predicted octanol–water partition coefficient (Wildman–Crippen LogP) is 2.26. The second-order valence-corrected chi connectivity index (χ2v) is 7.73. The van der Waals surface area contributed by atoms with Gasteiger partial charge in [-0.1, -0.05) is 0 Å². The molecule has 1 aliphatic rings. The van der Waals surface area contributed by atoms with E-state index in [1.807, 2.05) is 13.0 Å². The van der Waals surface area contributed by atoms with Crippen LogP contribution in [0.15, 0.2) is 41.0 Å². The second kappa shape index (κ2) is 6.32. The molecule has 0 fully saturated rings. The van der Waals surface area contributed by atoms with Gasteiger partial charge < -0.3 is 9.32 Å². The molecule has 7 heteroatoms. The molecule has 0 atom stereocenters. The fourth-order valence-corrected chi connectivity index (χ4v) is 3.91. The normalized spacial score (nSPS) is 13.8. The lowest BCUT2D eigenvalue weighted by Crippen LogP contribution is -2.30. The maximum absolute atomic E-state index is 12.7. The lowest BCUT2D eigenvalue weighted by atomic mass is 10.1. The molecule has 2 aromatic rings. The number of carbonyl (C=O) groups excluding carboxylic acids is 1. The zero-order chi connectivity index (χ0) is 17.3. The van der Waals surface area contributed by atoms with E-state index in [0.29, 0.717) is 37.3 Å². The highest BCUT2D eigenvalue weighted by Crippen LogP contribution is 2.31. The highest BCUT2D eigenvalue weighted by Gasteiger charge is 2.27. The first-order valence-corrected chi connectivity index (χ1v) is 9.67. The predicted molar refractivity (Wildman–Crippen MR) is 91.5 cm³/mol. The molecule has 1 aromatic heterocycles. The number of nitrogens with zero attached hydrogens (tertiary/aromatic N) is 2. The van der Waals surface area contributed by atoms with Gasteiger partial charge in [0.1, 0.15) is 5.76 Å². The van der Waals surface area contributed by atoms with Gasteiger partial charge in [0.15, 0.2) is 0 Å². The van der Waals surface area contributed by atoms with Crippen molar-refractivity contribution < 1.29 is 17.6 Å². The average molecular weight is 348 g/mol. The summed E-state index contributed by atoms with van der Waals surface area (Å²) in [7, 11) is -3.28. The van der Waals surface area contributed by atoms with Gasteiger partial charge in [0.05, 0.1) is 24.8 Å². The Hall–Kier alpha value is -2.28. The van der Waals surface area contributed by atoms with Crippen molar-refractivity contribution in [3.8, 4) is 0 Å². The van der Waals surface area contributed by atoms with Crippen molar-refractivity contribution in [1.82, 2.24) is 4.90 Å². The van der Waals surface area contributed by atoms with Gasteiger partial charge >= 0.3 is 0 Å². The topological polar surface area (TPSA) is 70.8 Å². The first-order chi connectivity index (χ1) is 11.4. The molecule has 0 spiro atoms. The Kier molecular flexibility index (Phi) is 4.36. The van der Waals surface area contributed by atoms with E-state index in [1.165, 1.54) is 10.6 Å². The SMILES string of the molecule is CCN(Cc1ccco1)C(=O)c1ccc2c(c1)CCN2S(C)(=O)=O. The van der Waals surface area contributed by atoms with Crippen molar-refractivity contribution >= 4 is 21.6 Å². The molecule has 3 rings (SSSR count). The summed E-state index contributed by atoms with van der Waals surface area (Å²) < 4.78 is 30.3. The van der Waals surface area contributed by atoms with E-state index in [2.05, 4.69) is 0 Å². The molecule has 0 unspecified atom stereocenters. The van der Waals surface area contributed by atoms with E-state index >= 15 is 0 Å².